The fraction of sp³-hybridized carbons (Fsp3) is 0.160. The first-order valence-corrected chi connectivity index (χ1v) is 10.4. The lowest BCUT2D eigenvalue weighted by Crippen LogP contribution is -2.50. The molecule has 1 heterocycles. The summed E-state index contributed by atoms with van der Waals surface area (Å²) in [5, 5.41) is 11.4. The summed E-state index contributed by atoms with van der Waals surface area (Å²) in [6.07, 6.45) is -14.6. The lowest BCUT2D eigenvalue weighted by Gasteiger charge is -2.37. The Balaban J connectivity index is 1.96. The molecule has 12 heteroatoms. The van der Waals surface area contributed by atoms with E-state index >= 15 is 0 Å². The zero-order valence-corrected chi connectivity index (χ0v) is 18.3. The number of nitrogens with zero attached hydrogens (tertiary/aromatic N) is 3. The summed E-state index contributed by atoms with van der Waals surface area (Å²) in [7, 11) is 0. The van der Waals surface area contributed by atoms with Crippen LogP contribution < -0.4 is 10.0 Å². The van der Waals surface area contributed by atoms with Crippen molar-refractivity contribution in [2.45, 2.75) is 24.6 Å². The van der Waals surface area contributed by atoms with Crippen LogP contribution >= 0.6 is 0 Å². The molecule has 1 aliphatic rings. The molecule has 0 saturated heterocycles. The maximum absolute atomic E-state index is 14.6. The van der Waals surface area contributed by atoms with E-state index in [1.54, 1.807) is 12.1 Å². The highest BCUT2D eigenvalue weighted by molar-refractivity contribution is 5.89. The van der Waals surface area contributed by atoms with Crippen molar-refractivity contribution >= 4 is 16.9 Å². The van der Waals surface area contributed by atoms with Crippen molar-refractivity contribution in [3.63, 3.8) is 0 Å². The van der Waals surface area contributed by atoms with Crippen molar-refractivity contribution in [3.8, 4) is 6.07 Å². The molecule has 37 heavy (non-hydrogen) atoms. The minimum atomic E-state index is -5.09. The monoisotopic (exact) mass is 527 g/mol. The predicted molar refractivity (Wildman–Crippen MR) is 117 cm³/mol. The molecule has 192 valence electrons. The SMILES string of the molecule is N#CC1=C(c2ccc(C(F)(F)F)cc2)C(C(F)(F)F)N(c2ccc(C(F)(F)F)cc2)N1c1ccccc1. The number of hydrogen-bond acceptors (Lipinski definition) is 3. The average Bonchev–Trinajstić information content (AvgIpc) is 3.19. The average molecular weight is 527 g/mol. The molecule has 0 N–H and O–H groups in total. The third-order valence-electron chi connectivity index (χ3n) is 5.60. The van der Waals surface area contributed by atoms with Crippen molar-refractivity contribution in [1.82, 2.24) is 0 Å². The van der Waals surface area contributed by atoms with Crippen LogP contribution in [0.15, 0.2) is 84.6 Å². The number of rotatable bonds is 3. The number of halogens is 9. The van der Waals surface area contributed by atoms with Crippen LogP contribution in [0.2, 0.25) is 0 Å². The van der Waals surface area contributed by atoms with Crippen molar-refractivity contribution in [2.24, 2.45) is 0 Å². The van der Waals surface area contributed by atoms with Crippen molar-refractivity contribution < 1.29 is 39.5 Å². The van der Waals surface area contributed by atoms with Crippen LogP contribution in [0.5, 0.6) is 0 Å². The van der Waals surface area contributed by atoms with Gasteiger partial charge in [-0.05, 0) is 54.1 Å². The first-order valence-electron chi connectivity index (χ1n) is 10.4. The molecule has 0 aromatic heterocycles. The van der Waals surface area contributed by atoms with Gasteiger partial charge in [0.05, 0.1) is 22.5 Å². The van der Waals surface area contributed by atoms with Crippen LogP contribution in [0.3, 0.4) is 0 Å². The molecular weight excluding hydrogens is 513 g/mol. The van der Waals surface area contributed by atoms with Gasteiger partial charge >= 0.3 is 18.5 Å². The van der Waals surface area contributed by atoms with E-state index in [9.17, 15) is 44.8 Å². The van der Waals surface area contributed by atoms with E-state index in [2.05, 4.69) is 0 Å². The molecule has 1 atom stereocenters. The normalized spacial score (nSPS) is 16.8. The predicted octanol–water partition coefficient (Wildman–Crippen LogP) is 7.83. The van der Waals surface area contributed by atoms with E-state index in [0.29, 0.717) is 29.3 Å². The molecule has 1 aliphatic heterocycles. The van der Waals surface area contributed by atoms with Crippen LogP contribution in [0, 0.1) is 11.3 Å². The Hall–Kier alpha value is -4.14. The van der Waals surface area contributed by atoms with E-state index < -0.39 is 47.0 Å². The van der Waals surface area contributed by atoms with Gasteiger partial charge in [-0.1, -0.05) is 30.3 Å². The van der Waals surface area contributed by atoms with Gasteiger partial charge in [-0.25, -0.2) is 5.01 Å². The quantitative estimate of drug-likeness (QED) is 0.325. The maximum atomic E-state index is 14.6. The summed E-state index contributed by atoms with van der Waals surface area (Å²) in [4.78, 5) is 0. The summed E-state index contributed by atoms with van der Waals surface area (Å²) < 4.78 is 122. The fourth-order valence-electron chi connectivity index (χ4n) is 4.02. The van der Waals surface area contributed by atoms with Crippen molar-refractivity contribution in [1.29, 1.82) is 5.26 Å². The van der Waals surface area contributed by atoms with Gasteiger partial charge in [0, 0.05) is 5.57 Å². The molecular formula is C25H14F9N3. The molecule has 0 aliphatic carbocycles. The second-order valence-corrected chi connectivity index (χ2v) is 7.93. The molecule has 4 rings (SSSR count). The zero-order chi connectivity index (χ0) is 27.2. The lowest BCUT2D eigenvalue weighted by molar-refractivity contribution is -0.138. The number of hydrazine groups is 1. The van der Waals surface area contributed by atoms with Gasteiger partial charge in [0.15, 0.2) is 6.04 Å². The molecule has 3 nitrogen and oxygen atoms in total. The summed E-state index contributed by atoms with van der Waals surface area (Å²) in [6.45, 7) is 0. The highest BCUT2D eigenvalue weighted by Gasteiger charge is 2.55. The van der Waals surface area contributed by atoms with E-state index in [4.69, 9.17) is 0 Å². The first kappa shape index (κ1) is 25.9. The Kier molecular flexibility index (Phi) is 6.35. The molecule has 3 aromatic carbocycles. The van der Waals surface area contributed by atoms with E-state index in [0.717, 1.165) is 29.3 Å². The van der Waals surface area contributed by atoms with Crippen LogP contribution in [0.1, 0.15) is 16.7 Å². The lowest BCUT2D eigenvalue weighted by atomic mass is 9.95. The topological polar surface area (TPSA) is 30.3 Å². The largest absolute Gasteiger partial charge is 0.416 e. The number of hydrogen-bond donors (Lipinski definition) is 0. The molecule has 0 spiro atoms. The molecule has 0 fully saturated rings. The van der Waals surface area contributed by atoms with Crippen LogP contribution in [0.4, 0.5) is 50.9 Å². The Morgan fingerprint density at radius 2 is 1.11 bits per heavy atom. The van der Waals surface area contributed by atoms with E-state index in [-0.39, 0.29) is 16.9 Å². The highest BCUT2D eigenvalue weighted by atomic mass is 19.4. The number of nitriles is 1. The number of alkyl halides is 9. The van der Waals surface area contributed by atoms with Gasteiger partial charge < -0.3 is 0 Å². The standard InChI is InChI=1S/C25H14F9N3/c26-23(27,28)16-8-6-15(7-9-16)21-20(14-35)36(18-4-2-1-3-5-18)37(22(21)25(32,33)34)19-12-10-17(11-13-19)24(29,30)31/h1-13,22H. The highest BCUT2D eigenvalue weighted by Crippen LogP contribution is 2.48. The molecule has 3 aromatic rings. The van der Waals surface area contributed by atoms with Crippen LogP contribution in [-0.4, -0.2) is 12.2 Å². The van der Waals surface area contributed by atoms with Gasteiger partial charge in [-0.3, -0.25) is 5.01 Å². The summed E-state index contributed by atoms with van der Waals surface area (Å²) >= 11 is 0. The first-order chi connectivity index (χ1) is 17.2. The maximum Gasteiger partial charge on any atom is 0.416 e. The van der Waals surface area contributed by atoms with Crippen molar-refractivity contribution in [2.75, 3.05) is 10.0 Å². The number of allylic oxidation sites excluding steroid dienone is 1. The molecule has 0 radical (unpaired) electrons. The summed E-state index contributed by atoms with van der Waals surface area (Å²) in [5.41, 5.74) is -3.94. The third-order valence-corrected chi connectivity index (χ3v) is 5.60. The summed E-state index contributed by atoms with van der Waals surface area (Å²) in [5.74, 6) is 0. The summed E-state index contributed by atoms with van der Waals surface area (Å²) in [6, 6.07) is 12.1. The van der Waals surface area contributed by atoms with Gasteiger partial charge in [0.2, 0.25) is 0 Å². The Morgan fingerprint density at radius 3 is 1.54 bits per heavy atom. The van der Waals surface area contributed by atoms with Crippen LogP contribution in [0.25, 0.3) is 5.57 Å². The van der Waals surface area contributed by atoms with Gasteiger partial charge in [0.1, 0.15) is 11.8 Å². The third kappa shape index (κ3) is 4.94. The fourth-order valence-corrected chi connectivity index (χ4v) is 4.02. The number of anilines is 2. The minimum Gasteiger partial charge on any atom is -0.263 e. The van der Waals surface area contributed by atoms with E-state index in [1.807, 2.05) is 0 Å². The Labute approximate surface area is 204 Å². The van der Waals surface area contributed by atoms with Gasteiger partial charge in [-0.2, -0.15) is 44.8 Å². The van der Waals surface area contributed by atoms with E-state index in [1.165, 1.54) is 24.3 Å². The Bertz CT molecular complexity index is 1330. The zero-order valence-electron chi connectivity index (χ0n) is 18.3. The van der Waals surface area contributed by atoms with Crippen LogP contribution in [-0.2, 0) is 12.4 Å². The smallest absolute Gasteiger partial charge is 0.263 e. The number of para-hydroxylation sites is 1. The Morgan fingerprint density at radius 1 is 0.622 bits per heavy atom. The molecule has 0 saturated carbocycles. The van der Waals surface area contributed by atoms with Gasteiger partial charge in [0.25, 0.3) is 0 Å². The second kappa shape index (κ2) is 9.06. The molecule has 0 amide bonds. The molecule has 0 bridgehead atoms. The van der Waals surface area contributed by atoms with Gasteiger partial charge in [-0.15, -0.1) is 0 Å². The minimum absolute atomic E-state index is 0.0788. The van der Waals surface area contributed by atoms with Crippen molar-refractivity contribution in [3.05, 3.63) is 101 Å². The number of benzene rings is 3. The molecule has 1 unspecified atom stereocenters. The second-order valence-electron chi connectivity index (χ2n) is 7.93.